The topological polar surface area (TPSA) is 32.3 Å². The average Bonchev–Trinajstić information content (AvgIpc) is 2.41. The molecule has 1 fully saturated rings. The van der Waals surface area contributed by atoms with Crippen LogP contribution in [-0.2, 0) is 0 Å². The zero-order chi connectivity index (χ0) is 13.8. The summed E-state index contributed by atoms with van der Waals surface area (Å²) in [5.41, 5.74) is 3.18. The first-order valence-corrected chi connectivity index (χ1v) is 7.10. The predicted octanol–water partition coefficient (Wildman–Crippen LogP) is 2.38. The second kappa shape index (κ2) is 6.20. The predicted molar refractivity (Wildman–Crippen MR) is 78.5 cm³/mol. The Balaban J connectivity index is 1.85. The van der Waals surface area contributed by atoms with Gasteiger partial charge in [0.1, 0.15) is 0 Å². The number of hydrogen-bond donors (Lipinski definition) is 1. The van der Waals surface area contributed by atoms with Crippen LogP contribution in [0.15, 0.2) is 18.2 Å². The van der Waals surface area contributed by atoms with Gasteiger partial charge in [-0.1, -0.05) is 6.07 Å². The average molecular weight is 260 g/mol. The van der Waals surface area contributed by atoms with E-state index in [1.807, 2.05) is 25.1 Å². The highest BCUT2D eigenvalue weighted by atomic mass is 16.1. The number of amides is 1. The number of benzene rings is 1. The van der Waals surface area contributed by atoms with Gasteiger partial charge in [0, 0.05) is 12.1 Å². The van der Waals surface area contributed by atoms with E-state index in [4.69, 9.17) is 0 Å². The molecule has 1 aromatic rings. The van der Waals surface area contributed by atoms with E-state index >= 15 is 0 Å². The largest absolute Gasteiger partial charge is 0.352 e. The lowest BCUT2D eigenvalue weighted by molar-refractivity contribution is 0.0939. The molecule has 1 saturated heterocycles. The van der Waals surface area contributed by atoms with E-state index < -0.39 is 0 Å². The Kier molecular flexibility index (Phi) is 4.59. The van der Waals surface area contributed by atoms with E-state index in [2.05, 4.69) is 24.2 Å². The van der Waals surface area contributed by atoms with Crippen LogP contribution in [0, 0.1) is 19.8 Å². The molecule has 1 aliphatic heterocycles. The summed E-state index contributed by atoms with van der Waals surface area (Å²) in [6, 6.07) is 5.89. The van der Waals surface area contributed by atoms with E-state index in [1.165, 1.54) is 24.0 Å². The second-order valence-corrected chi connectivity index (χ2v) is 5.76. The van der Waals surface area contributed by atoms with Crippen molar-refractivity contribution in [2.24, 2.45) is 5.92 Å². The number of piperidine rings is 1. The van der Waals surface area contributed by atoms with Crippen molar-refractivity contribution in [1.82, 2.24) is 10.2 Å². The van der Waals surface area contributed by atoms with Crippen molar-refractivity contribution in [3.8, 4) is 0 Å². The molecule has 1 N–H and O–H groups in total. The Labute approximate surface area is 116 Å². The second-order valence-electron chi connectivity index (χ2n) is 5.76. The van der Waals surface area contributed by atoms with Crippen LogP contribution < -0.4 is 5.32 Å². The lowest BCUT2D eigenvalue weighted by Gasteiger charge is -2.28. The molecule has 3 heteroatoms. The summed E-state index contributed by atoms with van der Waals surface area (Å²) in [4.78, 5) is 14.4. The van der Waals surface area contributed by atoms with Crippen molar-refractivity contribution in [2.45, 2.75) is 26.7 Å². The Morgan fingerprint density at radius 1 is 1.26 bits per heavy atom. The third-order valence-electron chi connectivity index (χ3n) is 4.16. The number of aryl methyl sites for hydroxylation is 2. The molecule has 0 unspecified atom stereocenters. The van der Waals surface area contributed by atoms with Gasteiger partial charge >= 0.3 is 0 Å². The lowest BCUT2D eigenvalue weighted by Crippen LogP contribution is -2.36. The molecule has 3 nitrogen and oxygen atoms in total. The minimum Gasteiger partial charge on any atom is -0.352 e. The summed E-state index contributed by atoms with van der Waals surface area (Å²) in [5.74, 6) is 0.689. The van der Waals surface area contributed by atoms with E-state index in [1.54, 1.807) is 0 Å². The number of hydrogen-bond acceptors (Lipinski definition) is 2. The number of carbonyl (C=O) groups excluding carboxylic acids is 1. The standard InChI is InChI=1S/C16H24N2O/c1-12-4-5-15(10-13(12)2)16(19)17-11-14-6-8-18(3)9-7-14/h4-5,10,14H,6-9,11H2,1-3H3,(H,17,19). The van der Waals surface area contributed by atoms with Gasteiger partial charge in [0.25, 0.3) is 5.91 Å². The van der Waals surface area contributed by atoms with Gasteiger partial charge < -0.3 is 10.2 Å². The van der Waals surface area contributed by atoms with Gasteiger partial charge in [-0.3, -0.25) is 4.79 Å². The number of nitrogens with zero attached hydrogens (tertiary/aromatic N) is 1. The normalized spacial score (nSPS) is 17.4. The lowest BCUT2D eigenvalue weighted by atomic mass is 9.97. The van der Waals surface area contributed by atoms with E-state index in [9.17, 15) is 4.79 Å². The molecule has 0 bridgehead atoms. The molecule has 1 aliphatic rings. The van der Waals surface area contributed by atoms with Crippen LogP contribution in [0.5, 0.6) is 0 Å². The maximum absolute atomic E-state index is 12.1. The first-order chi connectivity index (χ1) is 9.06. The molecule has 0 atom stereocenters. The summed E-state index contributed by atoms with van der Waals surface area (Å²) < 4.78 is 0. The van der Waals surface area contributed by atoms with Crippen LogP contribution in [0.1, 0.15) is 34.3 Å². The van der Waals surface area contributed by atoms with Crippen LogP contribution in [0.3, 0.4) is 0 Å². The van der Waals surface area contributed by atoms with Gasteiger partial charge in [0.05, 0.1) is 0 Å². The molecular weight excluding hydrogens is 236 g/mol. The molecule has 104 valence electrons. The fourth-order valence-electron chi connectivity index (χ4n) is 2.49. The van der Waals surface area contributed by atoms with Crippen molar-refractivity contribution < 1.29 is 4.79 Å². The zero-order valence-electron chi connectivity index (χ0n) is 12.2. The van der Waals surface area contributed by atoms with Crippen molar-refractivity contribution in [3.63, 3.8) is 0 Å². The summed E-state index contributed by atoms with van der Waals surface area (Å²) in [6.45, 7) is 7.20. The molecule has 1 aromatic carbocycles. The maximum atomic E-state index is 12.1. The van der Waals surface area contributed by atoms with E-state index in [0.29, 0.717) is 5.92 Å². The fourth-order valence-corrected chi connectivity index (χ4v) is 2.49. The fraction of sp³-hybridized carbons (Fsp3) is 0.562. The Hall–Kier alpha value is -1.35. The van der Waals surface area contributed by atoms with Gasteiger partial charge in [0.2, 0.25) is 0 Å². The summed E-state index contributed by atoms with van der Waals surface area (Å²) in [6.07, 6.45) is 2.37. The molecule has 0 spiro atoms. The number of rotatable bonds is 3. The summed E-state index contributed by atoms with van der Waals surface area (Å²) >= 11 is 0. The minimum absolute atomic E-state index is 0.0574. The number of nitrogens with one attached hydrogen (secondary N) is 1. The quantitative estimate of drug-likeness (QED) is 0.905. The van der Waals surface area contributed by atoms with Crippen LogP contribution in [0.4, 0.5) is 0 Å². The van der Waals surface area contributed by atoms with Crippen molar-refractivity contribution in [2.75, 3.05) is 26.7 Å². The molecule has 2 rings (SSSR count). The van der Waals surface area contributed by atoms with Crippen molar-refractivity contribution in [3.05, 3.63) is 34.9 Å². The SMILES string of the molecule is Cc1ccc(C(=O)NCC2CCN(C)CC2)cc1C. The summed E-state index contributed by atoms with van der Waals surface area (Å²) in [5, 5.41) is 3.07. The maximum Gasteiger partial charge on any atom is 0.251 e. The first-order valence-electron chi connectivity index (χ1n) is 7.10. The minimum atomic E-state index is 0.0574. The van der Waals surface area contributed by atoms with Gasteiger partial charge in [-0.25, -0.2) is 0 Å². The molecule has 0 radical (unpaired) electrons. The van der Waals surface area contributed by atoms with Gasteiger partial charge in [-0.2, -0.15) is 0 Å². The number of likely N-dealkylation sites (tertiary alicyclic amines) is 1. The summed E-state index contributed by atoms with van der Waals surface area (Å²) in [7, 11) is 2.16. The molecule has 0 saturated carbocycles. The number of carbonyl (C=O) groups is 1. The first kappa shape index (κ1) is 14.1. The molecule has 1 amide bonds. The molecule has 0 aliphatic carbocycles. The third kappa shape index (κ3) is 3.80. The van der Waals surface area contributed by atoms with Crippen LogP contribution in [0.25, 0.3) is 0 Å². The molecule has 19 heavy (non-hydrogen) atoms. The van der Waals surface area contributed by atoms with Crippen molar-refractivity contribution >= 4 is 5.91 Å². The Morgan fingerprint density at radius 2 is 1.95 bits per heavy atom. The monoisotopic (exact) mass is 260 g/mol. The van der Waals surface area contributed by atoms with Gasteiger partial charge in [-0.15, -0.1) is 0 Å². The van der Waals surface area contributed by atoms with Gasteiger partial charge in [-0.05, 0) is 76.0 Å². The molecule has 1 heterocycles. The Bertz CT molecular complexity index is 448. The van der Waals surface area contributed by atoms with Crippen LogP contribution in [-0.4, -0.2) is 37.5 Å². The zero-order valence-corrected chi connectivity index (χ0v) is 12.2. The van der Waals surface area contributed by atoms with Crippen LogP contribution in [0.2, 0.25) is 0 Å². The third-order valence-corrected chi connectivity index (χ3v) is 4.16. The van der Waals surface area contributed by atoms with Gasteiger partial charge in [0.15, 0.2) is 0 Å². The smallest absolute Gasteiger partial charge is 0.251 e. The molecule has 0 aromatic heterocycles. The highest BCUT2D eigenvalue weighted by Gasteiger charge is 2.17. The molecular formula is C16H24N2O. The highest BCUT2D eigenvalue weighted by molar-refractivity contribution is 5.94. The Morgan fingerprint density at radius 3 is 2.58 bits per heavy atom. The van der Waals surface area contributed by atoms with E-state index in [-0.39, 0.29) is 5.91 Å². The van der Waals surface area contributed by atoms with Crippen molar-refractivity contribution in [1.29, 1.82) is 0 Å². The highest BCUT2D eigenvalue weighted by Crippen LogP contribution is 2.15. The van der Waals surface area contributed by atoms with Crippen LogP contribution >= 0.6 is 0 Å². The van der Waals surface area contributed by atoms with E-state index in [0.717, 1.165) is 25.2 Å².